The van der Waals surface area contributed by atoms with Gasteiger partial charge < -0.3 is 10.0 Å². The van der Waals surface area contributed by atoms with Gasteiger partial charge in [-0.3, -0.25) is 9.48 Å². The molecule has 6 nitrogen and oxygen atoms in total. The van der Waals surface area contributed by atoms with E-state index in [0.717, 1.165) is 37.8 Å². The fourth-order valence-corrected chi connectivity index (χ4v) is 3.94. The smallest absolute Gasteiger partial charge is 0.222 e. The average Bonchev–Trinajstić information content (AvgIpc) is 3.15. The number of aliphatic hydroxyl groups excluding tert-OH is 1. The number of amides is 1. The summed E-state index contributed by atoms with van der Waals surface area (Å²) in [4.78, 5) is 18.4. The minimum Gasteiger partial charge on any atom is -0.396 e. The first-order chi connectivity index (χ1) is 12.6. The highest BCUT2D eigenvalue weighted by Gasteiger charge is 2.36. The third-order valence-electron chi connectivity index (χ3n) is 5.06. The van der Waals surface area contributed by atoms with Crippen LogP contribution in [0, 0.1) is 5.41 Å². The highest BCUT2D eigenvalue weighted by atomic mass is 35.5. The predicted octanol–water partition coefficient (Wildman–Crippen LogP) is 2.56. The normalized spacial score (nSPS) is 20.3. The second-order valence-corrected chi connectivity index (χ2v) is 7.58. The minimum atomic E-state index is -0.287. The molecule has 1 aliphatic heterocycles. The first-order valence-corrected chi connectivity index (χ1v) is 9.44. The van der Waals surface area contributed by atoms with E-state index in [2.05, 4.69) is 10.1 Å². The van der Waals surface area contributed by atoms with Crippen molar-refractivity contribution in [1.82, 2.24) is 19.7 Å². The van der Waals surface area contributed by atoms with Crippen LogP contribution >= 0.6 is 11.6 Å². The van der Waals surface area contributed by atoms with E-state index in [4.69, 9.17) is 11.6 Å². The number of benzene rings is 1. The van der Waals surface area contributed by atoms with Gasteiger partial charge in [-0.15, -0.1) is 0 Å². The van der Waals surface area contributed by atoms with Crippen LogP contribution in [0.1, 0.15) is 31.2 Å². The van der Waals surface area contributed by atoms with E-state index in [1.54, 1.807) is 11.0 Å². The molecule has 1 unspecified atom stereocenters. The lowest BCUT2D eigenvalue weighted by Gasteiger charge is -2.42. The third kappa shape index (κ3) is 4.83. The van der Waals surface area contributed by atoms with E-state index < -0.39 is 0 Å². The van der Waals surface area contributed by atoms with E-state index in [-0.39, 0.29) is 17.9 Å². The van der Waals surface area contributed by atoms with Crippen molar-refractivity contribution in [2.45, 2.75) is 38.6 Å². The molecule has 26 heavy (non-hydrogen) atoms. The lowest BCUT2D eigenvalue weighted by molar-refractivity contribution is -0.135. The molecule has 3 rings (SSSR count). The van der Waals surface area contributed by atoms with Gasteiger partial charge in [-0.05, 0) is 43.4 Å². The second-order valence-electron chi connectivity index (χ2n) is 7.15. The van der Waals surface area contributed by atoms with Crippen LogP contribution in [0.25, 0.3) is 0 Å². The maximum atomic E-state index is 12.6. The second kappa shape index (κ2) is 8.64. The number of aliphatic hydroxyl groups is 1. The SMILES string of the molecule is O=C(CCCn1cncn1)N1CCCC(CO)(Cc2cccc(Cl)c2)C1. The summed E-state index contributed by atoms with van der Waals surface area (Å²) >= 11 is 6.09. The molecule has 0 aliphatic carbocycles. The van der Waals surface area contributed by atoms with Crippen LogP contribution in [-0.2, 0) is 17.8 Å². The molecule has 2 aromatic rings. The first-order valence-electron chi connectivity index (χ1n) is 9.06. The molecule has 1 aliphatic rings. The number of rotatable bonds is 7. The average molecular weight is 377 g/mol. The number of aromatic nitrogens is 3. The lowest BCUT2D eigenvalue weighted by atomic mass is 9.75. The molecule has 1 amide bonds. The summed E-state index contributed by atoms with van der Waals surface area (Å²) in [6.07, 6.45) is 6.93. The largest absolute Gasteiger partial charge is 0.396 e. The zero-order chi connectivity index (χ0) is 18.4. The highest BCUT2D eigenvalue weighted by Crippen LogP contribution is 2.34. The summed E-state index contributed by atoms with van der Waals surface area (Å²) in [5, 5.41) is 14.8. The van der Waals surface area contributed by atoms with Crippen molar-refractivity contribution < 1.29 is 9.90 Å². The molecule has 0 radical (unpaired) electrons. The summed E-state index contributed by atoms with van der Waals surface area (Å²) < 4.78 is 1.74. The standard InChI is InChI=1S/C19H25ClN4O2/c20-17-5-1-4-16(10-17)11-19(13-25)7-3-8-23(12-19)18(26)6-2-9-24-15-21-14-22-24/h1,4-5,10,14-15,25H,2-3,6-9,11-13H2. The number of carbonyl (C=O) groups is 1. The van der Waals surface area contributed by atoms with Gasteiger partial charge >= 0.3 is 0 Å². The summed E-state index contributed by atoms with van der Waals surface area (Å²) in [6.45, 7) is 2.12. The van der Waals surface area contributed by atoms with E-state index in [1.807, 2.05) is 29.2 Å². The van der Waals surface area contributed by atoms with Gasteiger partial charge in [0.15, 0.2) is 0 Å². The molecule has 1 N–H and O–H groups in total. The number of aryl methyl sites for hydroxylation is 1. The van der Waals surface area contributed by atoms with Crippen molar-refractivity contribution in [2.75, 3.05) is 19.7 Å². The van der Waals surface area contributed by atoms with Crippen LogP contribution in [0.3, 0.4) is 0 Å². The number of piperidine rings is 1. The van der Waals surface area contributed by atoms with E-state index >= 15 is 0 Å². The van der Waals surface area contributed by atoms with Crippen LogP contribution in [0.4, 0.5) is 0 Å². The van der Waals surface area contributed by atoms with Gasteiger partial charge in [-0.1, -0.05) is 23.7 Å². The van der Waals surface area contributed by atoms with Crippen LogP contribution in [0.5, 0.6) is 0 Å². The fourth-order valence-electron chi connectivity index (χ4n) is 3.73. The van der Waals surface area contributed by atoms with Gasteiger partial charge in [0.25, 0.3) is 0 Å². The van der Waals surface area contributed by atoms with Crippen LogP contribution in [0.15, 0.2) is 36.9 Å². The van der Waals surface area contributed by atoms with Gasteiger partial charge in [0.1, 0.15) is 12.7 Å². The molecule has 7 heteroatoms. The molecule has 0 bridgehead atoms. The van der Waals surface area contributed by atoms with E-state index in [9.17, 15) is 9.90 Å². The van der Waals surface area contributed by atoms with Gasteiger partial charge in [0, 0.05) is 36.5 Å². The van der Waals surface area contributed by atoms with Crippen molar-refractivity contribution in [3.63, 3.8) is 0 Å². The van der Waals surface area contributed by atoms with E-state index in [0.29, 0.717) is 24.5 Å². The first kappa shape index (κ1) is 18.9. The third-order valence-corrected chi connectivity index (χ3v) is 5.30. The summed E-state index contributed by atoms with van der Waals surface area (Å²) in [5.41, 5.74) is 0.817. The van der Waals surface area contributed by atoms with Crippen LogP contribution < -0.4 is 0 Å². The molecule has 0 spiro atoms. The van der Waals surface area contributed by atoms with Gasteiger partial charge in [-0.25, -0.2) is 4.98 Å². The molecular formula is C19H25ClN4O2. The molecule has 1 saturated heterocycles. The molecule has 1 aromatic carbocycles. The Labute approximate surface area is 158 Å². The maximum absolute atomic E-state index is 12.6. The van der Waals surface area contributed by atoms with Crippen molar-refractivity contribution in [1.29, 1.82) is 0 Å². The molecule has 1 atom stereocenters. The van der Waals surface area contributed by atoms with Crippen molar-refractivity contribution >= 4 is 17.5 Å². The summed E-state index contributed by atoms with van der Waals surface area (Å²) in [5.74, 6) is 0.147. The fraction of sp³-hybridized carbons (Fsp3) is 0.526. The Bertz CT molecular complexity index is 722. The minimum absolute atomic E-state index is 0.0717. The molecule has 1 fully saturated rings. The molecule has 1 aromatic heterocycles. The van der Waals surface area contributed by atoms with Crippen molar-refractivity contribution in [2.24, 2.45) is 5.41 Å². The zero-order valence-electron chi connectivity index (χ0n) is 14.9. The molecule has 0 saturated carbocycles. The van der Waals surface area contributed by atoms with Gasteiger partial charge in [0.2, 0.25) is 5.91 Å². The number of hydrogen-bond donors (Lipinski definition) is 1. The Balaban J connectivity index is 1.58. The Morgan fingerprint density at radius 1 is 1.38 bits per heavy atom. The molecule has 140 valence electrons. The Morgan fingerprint density at radius 3 is 3.00 bits per heavy atom. The van der Waals surface area contributed by atoms with Gasteiger partial charge in [0.05, 0.1) is 6.61 Å². The van der Waals surface area contributed by atoms with Crippen molar-refractivity contribution in [3.05, 3.63) is 47.5 Å². The molecular weight excluding hydrogens is 352 g/mol. The topological polar surface area (TPSA) is 71.2 Å². The maximum Gasteiger partial charge on any atom is 0.222 e. The van der Waals surface area contributed by atoms with Crippen LogP contribution in [-0.4, -0.2) is 50.4 Å². The Morgan fingerprint density at radius 2 is 2.27 bits per heavy atom. The highest BCUT2D eigenvalue weighted by molar-refractivity contribution is 6.30. The Hall–Kier alpha value is -1.92. The number of nitrogens with zero attached hydrogens (tertiary/aromatic N) is 4. The number of likely N-dealkylation sites (tertiary alicyclic amines) is 1. The molecule has 2 heterocycles. The van der Waals surface area contributed by atoms with Gasteiger partial charge in [-0.2, -0.15) is 5.10 Å². The Kier molecular flexibility index (Phi) is 6.27. The summed E-state index contributed by atoms with van der Waals surface area (Å²) in [6, 6.07) is 7.75. The van der Waals surface area contributed by atoms with Crippen LogP contribution in [0.2, 0.25) is 5.02 Å². The lowest BCUT2D eigenvalue weighted by Crippen LogP contribution is -2.49. The number of carbonyl (C=O) groups excluding carboxylic acids is 1. The number of halogens is 1. The van der Waals surface area contributed by atoms with E-state index in [1.165, 1.54) is 6.33 Å². The predicted molar refractivity (Wildman–Crippen MR) is 99.7 cm³/mol. The zero-order valence-corrected chi connectivity index (χ0v) is 15.6. The number of hydrogen-bond acceptors (Lipinski definition) is 4. The van der Waals surface area contributed by atoms with Crippen molar-refractivity contribution in [3.8, 4) is 0 Å². The summed E-state index contributed by atoms with van der Waals surface area (Å²) in [7, 11) is 0. The monoisotopic (exact) mass is 376 g/mol. The quantitative estimate of drug-likeness (QED) is 0.806.